The number of benzene rings is 2. The van der Waals surface area contributed by atoms with E-state index in [1.807, 2.05) is 0 Å². The van der Waals surface area contributed by atoms with Crippen LogP contribution in [0.1, 0.15) is 5.56 Å². The van der Waals surface area contributed by atoms with E-state index < -0.39 is 5.82 Å². The van der Waals surface area contributed by atoms with Crippen LogP contribution in [0, 0.1) is 11.6 Å². The predicted molar refractivity (Wildman–Crippen MR) is 60.8 cm³/mol. The standard InChI is InChI=1S/C13H11F2NO/c14-10-1-3-12(4-2-10)17-13-6-9(8-16)5-11(15)7-13/h1-7H,8,16H2. The third-order valence-corrected chi connectivity index (χ3v) is 2.22. The van der Waals surface area contributed by atoms with Crippen LogP contribution >= 0.6 is 0 Å². The Morgan fingerprint density at radius 1 is 0.882 bits per heavy atom. The van der Waals surface area contributed by atoms with Gasteiger partial charge in [0, 0.05) is 12.6 Å². The molecule has 2 rings (SSSR count). The van der Waals surface area contributed by atoms with Gasteiger partial charge in [-0.05, 0) is 42.0 Å². The summed E-state index contributed by atoms with van der Waals surface area (Å²) < 4.78 is 31.3. The van der Waals surface area contributed by atoms with Crippen molar-refractivity contribution in [2.75, 3.05) is 0 Å². The van der Waals surface area contributed by atoms with Crippen LogP contribution in [0.4, 0.5) is 8.78 Å². The first-order valence-electron chi connectivity index (χ1n) is 5.10. The van der Waals surface area contributed by atoms with Gasteiger partial charge in [-0.1, -0.05) is 0 Å². The van der Waals surface area contributed by atoms with E-state index in [1.165, 1.54) is 36.4 Å². The zero-order valence-corrected chi connectivity index (χ0v) is 8.99. The second-order valence-electron chi connectivity index (χ2n) is 3.56. The SMILES string of the molecule is NCc1cc(F)cc(Oc2ccc(F)cc2)c1. The molecule has 0 atom stereocenters. The molecule has 0 aliphatic rings. The second-order valence-corrected chi connectivity index (χ2v) is 3.56. The number of halogens is 2. The fourth-order valence-corrected chi connectivity index (χ4v) is 1.44. The van der Waals surface area contributed by atoms with Gasteiger partial charge in [0.05, 0.1) is 0 Å². The maximum atomic E-state index is 13.2. The van der Waals surface area contributed by atoms with Gasteiger partial charge in [-0.15, -0.1) is 0 Å². The van der Waals surface area contributed by atoms with Crippen molar-refractivity contribution in [2.45, 2.75) is 6.54 Å². The summed E-state index contributed by atoms with van der Waals surface area (Å²) in [5.74, 6) is 0.0290. The molecule has 0 radical (unpaired) electrons. The zero-order chi connectivity index (χ0) is 12.3. The third-order valence-electron chi connectivity index (χ3n) is 2.22. The van der Waals surface area contributed by atoms with Gasteiger partial charge in [-0.3, -0.25) is 0 Å². The van der Waals surface area contributed by atoms with Gasteiger partial charge in [-0.2, -0.15) is 0 Å². The van der Waals surface area contributed by atoms with Crippen LogP contribution in [0.2, 0.25) is 0 Å². The Balaban J connectivity index is 2.23. The van der Waals surface area contributed by atoms with Crippen LogP contribution in [0.5, 0.6) is 11.5 Å². The summed E-state index contributed by atoms with van der Waals surface area (Å²) in [7, 11) is 0. The van der Waals surface area contributed by atoms with Crippen LogP contribution in [-0.4, -0.2) is 0 Å². The van der Waals surface area contributed by atoms with Crippen LogP contribution < -0.4 is 10.5 Å². The van der Waals surface area contributed by atoms with Crippen molar-refractivity contribution in [3.63, 3.8) is 0 Å². The molecule has 0 saturated heterocycles. The van der Waals surface area contributed by atoms with Crippen LogP contribution in [0.15, 0.2) is 42.5 Å². The number of hydrogen-bond acceptors (Lipinski definition) is 2. The number of rotatable bonds is 3. The van der Waals surface area contributed by atoms with Crippen molar-refractivity contribution in [2.24, 2.45) is 5.73 Å². The van der Waals surface area contributed by atoms with Crippen molar-refractivity contribution in [3.8, 4) is 11.5 Å². The van der Waals surface area contributed by atoms with Gasteiger partial charge in [0.1, 0.15) is 23.1 Å². The average molecular weight is 235 g/mol. The summed E-state index contributed by atoms with van der Waals surface area (Å²) >= 11 is 0. The Morgan fingerprint density at radius 2 is 1.59 bits per heavy atom. The highest BCUT2D eigenvalue weighted by atomic mass is 19.1. The van der Waals surface area contributed by atoms with Crippen LogP contribution in [0.25, 0.3) is 0 Å². The van der Waals surface area contributed by atoms with E-state index in [1.54, 1.807) is 6.07 Å². The minimum Gasteiger partial charge on any atom is -0.457 e. The van der Waals surface area contributed by atoms with E-state index in [-0.39, 0.29) is 12.4 Å². The Bertz CT molecular complexity index is 511. The zero-order valence-electron chi connectivity index (χ0n) is 8.99. The molecule has 2 N–H and O–H groups in total. The number of hydrogen-bond donors (Lipinski definition) is 1. The summed E-state index contributed by atoms with van der Waals surface area (Å²) in [6.07, 6.45) is 0. The van der Waals surface area contributed by atoms with E-state index in [2.05, 4.69) is 0 Å². The number of nitrogens with two attached hydrogens (primary N) is 1. The van der Waals surface area contributed by atoms with Gasteiger partial charge < -0.3 is 10.5 Å². The van der Waals surface area contributed by atoms with E-state index in [0.717, 1.165) is 0 Å². The Hall–Kier alpha value is -1.94. The van der Waals surface area contributed by atoms with Crippen molar-refractivity contribution in [1.29, 1.82) is 0 Å². The molecular weight excluding hydrogens is 224 g/mol. The highest BCUT2D eigenvalue weighted by molar-refractivity contribution is 5.34. The van der Waals surface area contributed by atoms with E-state index in [4.69, 9.17) is 10.5 Å². The monoisotopic (exact) mass is 235 g/mol. The highest BCUT2D eigenvalue weighted by Crippen LogP contribution is 2.23. The molecule has 0 unspecified atom stereocenters. The minimum absolute atomic E-state index is 0.234. The van der Waals surface area contributed by atoms with Crippen molar-refractivity contribution < 1.29 is 13.5 Å². The Labute approximate surface area is 97.6 Å². The largest absolute Gasteiger partial charge is 0.457 e. The van der Waals surface area contributed by atoms with E-state index in [9.17, 15) is 8.78 Å². The molecular formula is C13H11F2NO. The van der Waals surface area contributed by atoms with Gasteiger partial charge in [0.2, 0.25) is 0 Å². The molecule has 17 heavy (non-hydrogen) atoms. The predicted octanol–water partition coefficient (Wildman–Crippen LogP) is 3.22. The van der Waals surface area contributed by atoms with Gasteiger partial charge in [-0.25, -0.2) is 8.78 Å². The fraction of sp³-hybridized carbons (Fsp3) is 0.0769. The minimum atomic E-state index is -0.412. The first-order valence-corrected chi connectivity index (χ1v) is 5.10. The topological polar surface area (TPSA) is 35.2 Å². The maximum Gasteiger partial charge on any atom is 0.130 e. The third kappa shape index (κ3) is 3.01. The summed E-state index contributed by atoms with van der Waals surface area (Å²) in [6, 6.07) is 9.74. The molecule has 0 aliphatic heterocycles. The summed E-state index contributed by atoms with van der Waals surface area (Å²) in [6.45, 7) is 0.234. The van der Waals surface area contributed by atoms with Crippen molar-refractivity contribution in [1.82, 2.24) is 0 Å². The molecule has 0 bridgehead atoms. The van der Waals surface area contributed by atoms with E-state index in [0.29, 0.717) is 17.1 Å². The van der Waals surface area contributed by atoms with E-state index >= 15 is 0 Å². The molecule has 0 aliphatic carbocycles. The smallest absolute Gasteiger partial charge is 0.130 e. The molecule has 2 aromatic rings. The highest BCUT2D eigenvalue weighted by Gasteiger charge is 2.02. The maximum absolute atomic E-state index is 13.2. The molecule has 2 nitrogen and oxygen atoms in total. The van der Waals surface area contributed by atoms with Crippen molar-refractivity contribution in [3.05, 3.63) is 59.7 Å². The lowest BCUT2D eigenvalue weighted by Gasteiger charge is -2.07. The summed E-state index contributed by atoms with van der Waals surface area (Å²) in [5, 5.41) is 0. The Kier molecular flexibility index (Phi) is 3.35. The molecule has 0 aromatic heterocycles. The molecule has 2 aromatic carbocycles. The molecule has 0 fully saturated rings. The lowest BCUT2D eigenvalue weighted by molar-refractivity contribution is 0.474. The first-order chi connectivity index (χ1) is 8.17. The molecule has 0 saturated carbocycles. The lowest BCUT2D eigenvalue weighted by atomic mass is 10.2. The number of ether oxygens (including phenoxy) is 1. The second kappa shape index (κ2) is 4.93. The molecule has 4 heteroatoms. The summed E-state index contributed by atoms with van der Waals surface area (Å²) in [5.41, 5.74) is 6.07. The van der Waals surface area contributed by atoms with Gasteiger partial charge >= 0.3 is 0 Å². The quantitative estimate of drug-likeness (QED) is 0.886. The van der Waals surface area contributed by atoms with Crippen molar-refractivity contribution >= 4 is 0 Å². The summed E-state index contributed by atoms with van der Waals surface area (Å²) in [4.78, 5) is 0. The Morgan fingerprint density at radius 3 is 2.24 bits per heavy atom. The first kappa shape index (κ1) is 11.5. The van der Waals surface area contributed by atoms with Crippen LogP contribution in [-0.2, 0) is 6.54 Å². The van der Waals surface area contributed by atoms with Gasteiger partial charge in [0.25, 0.3) is 0 Å². The fourth-order valence-electron chi connectivity index (χ4n) is 1.44. The molecule has 0 spiro atoms. The van der Waals surface area contributed by atoms with Crippen LogP contribution in [0.3, 0.4) is 0 Å². The average Bonchev–Trinajstić information content (AvgIpc) is 2.31. The van der Waals surface area contributed by atoms with Gasteiger partial charge in [0.15, 0.2) is 0 Å². The lowest BCUT2D eigenvalue weighted by Crippen LogP contribution is -1.97. The molecule has 0 amide bonds. The molecule has 88 valence electrons. The normalized spacial score (nSPS) is 10.3. The molecule has 0 heterocycles.